The molecule has 1 amide bonds. The highest BCUT2D eigenvalue weighted by atomic mass is 32.2. The Morgan fingerprint density at radius 3 is 2.75 bits per heavy atom. The van der Waals surface area contributed by atoms with Crippen molar-refractivity contribution in [1.29, 1.82) is 0 Å². The lowest BCUT2D eigenvalue weighted by atomic mass is 10.1. The smallest absolute Gasteiger partial charge is 0.407 e. The van der Waals surface area contributed by atoms with Crippen LogP contribution in [0.3, 0.4) is 0 Å². The van der Waals surface area contributed by atoms with Crippen LogP contribution < -0.4 is 5.32 Å². The molecule has 0 aliphatic heterocycles. The number of ether oxygens (including phenoxy) is 1. The van der Waals surface area contributed by atoms with Gasteiger partial charge in [-0.3, -0.25) is 0 Å². The number of carbonyl (C=O) groups excluding carboxylic acids is 1. The molecule has 2 rings (SSSR count). The van der Waals surface area contributed by atoms with Gasteiger partial charge < -0.3 is 14.5 Å². The number of hydrogen-bond acceptors (Lipinski definition) is 6. The zero-order chi connectivity index (χ0) is 17.6. The number of aromatic nitrogens is 2. The van der Waals surface area contributed by atoms with Crippen molar-refractivity contribution in [1.82, 2.24) is 15.5 Å². The largest absolute Gasteiger partial charge is 0.444 e. The Balaban J connectivity index is 1.75. The van der Waals surface area contributed by atoms with Crippen molar-refractivity contribution in [3.63, 3.8) is 0 Å². The first-order valence-corrected chi connectivity index (χ1v) is 8.78. The summed E-state index contributed by atoms with van der Waals surface area (Å²) in [6, 6.07) is 8.21. The standard InChI is InChI=1S/C17H23N3O3S/c1-12-7-5-6-8-13(12)11-24-16-20-19-14(22-16)9-10-18-15(21)23-17(2,3)4/h5-8H,9-11H2,1-4H3,(H,18,21). The molecule has 2 aromatic rings. The quantitative estimate of drug-likeness (QED) is 0.801. The summed E-state index contributed by atoms with van der Waals surface area (Å²) in [4.78, 5) is 11.5. The van der Waals surface area contributed by atoms with Crippen molar-refractivity contribution in [2.75, 3.05) is 6.54 Å². The Kier molecular flexibility index (Phi) is 6.25. The van der Waals surface area contributed by atoms with Crippen LogP contribution in [0.25, 0.3) is 0 Å². The molecule has 7 heteroatoms. The average Bonchev–Trinajstić information content (AvgIpc) is 2.92. The van der Waals surface area contributed by atoms with Crippen LogP contribution in [0.5, 0.6) is 0 Å². The van der Waals surface area contributed by atoms with Gasteiger partial charge >= 0.3 is 6.09 Å². The van der Waals surface area contributed by atoms with Gasteiger partial charge in [-0.05, 0) is 38.8 Å². The first-order chi connectivity index (χ1) is 11.3. The number of thioether (sulfide) groups is 1. The van der Waals surface area contributed by atoms with E-state index in [2.05, 4.69) is 34.6 Å². The van der Waals surface area contributed by atoms with Crippen LogP contribution in [0.4, 0.5) is 4.79 Å². The number of amides is 1. The Morgan fingerprint density at radius 1 is 1.29 bits per heavy atom. The molecule has 0 unspecified atom stereocenters. The summed E-state index contributed by atoms with van der Waals surface area (Å²) in [5.41, 5.74) is 1.98. The van der Waals surface area contributed by atoms with Gasteiger partial charge in [0.05, 0.1) is 0 Å². The summed E-state index contributed by atoms with van der Waals surface area (Å²) in [5, 5.41) is 11.2. The van der Waals surface area contributed by atoms with E-state index in [0.29, 0.717) is 24.1 Å². The fraction of sp³-hybridized carbons (Fsp3) is 0.471. The summed E-state index contributed by atoms with van der Waals surface area (Å²) in [6.45, 7) is 7.93. The fourth-order valence-corrected chi connectivity index (χ4v) is 2.75. The number of hydrogen-bond donors (Lipinski definition) is 1. The molecule has 0 fully saturated rings. The fourth-order valence-electron chi connectivity index (χ4n) is 1.89. The number of carbonyl (C=O) groups is 1. The first-order valence-electron chi connectivity index (χ1n) is 7.80. The number of aryl methyl sites for hydroxylation is 1. The summed E-state index contributed by atoms with van der Waals surface area (Å²) < 4.78 is 10.7. The van der Waals surface area contributed by atoms with E-state index >= 15 is 0 Å². The van der Waals surface area contributed by atoms with Crippen LogP contribution >= 0.6 is 11.8 Å². The second-order valence-electron chi connectivity index (χ2n) is 6.36. The number of nitrogens with one attached hydrogen (secondary N) is 1. The van der Waals surface area contributed by atoms with E-state index in [1.165, 1.54) is 22.9 Å². The highest BCUT2D eigenvalue weighted by Crippen LogP contribution is 2.23. The van der Waals surface area contributed by atoms with E-state index in [4.69, 9.17) is 9.15 Å². The number of nitrogens with zero attached hydrogens (tertiary/aromatic N) is 2. The van der Waals surface area contributed by atoms with Crippen molar-refractivity contribution >= 4 is 17.9 Å². The molecule has 0 bridgehead atoms. The van der Waals surface area contributed by atoms with Gasteiger partial charge in [0.15, 0.2) is 0 Å². The molecule has 0 aliphatic carbocycles. The van der Waals surface area contributed by atoms with Gasteiger partial charge in [0.25, 0.3) is 5.22 Å². The second kappa shape index (κ2) is 8.19. The van der Waals surface area contributed by atoms with E-state index in [-0.39, 0.29) is 0 Å². The molecule has 1 heterocycles. The predicted octanol–water partition coefficient (Wildman–Crippen LogP) is 3.74. The molecular formula is C17H23N3O3S. The van der Waals surface area contributed by atoms with Gasteiger partial charge in [0.2, 0.25) is 5.89 Å². The minimum atomic E-state index is -0.506. The maximum atomic E-state index is 11.5. The first kappa shape index (κ1) is 18.3. The molecule has 0 aliphatic rings. The van der Waals surface area contributed by atoms with Gasteiger partial charge in [0.1, 0.15) is 5.60 Å². The van der Waals surface area contributed by atoms with Crippen LogP contribution in [0, 0.1) is 6.92 Å². The van der Waals surface area contributed by atoms with Gasteiger partial charge in [0, 0.05) is 18.7 Å². The van der Waals surface area contributed by atoms with Crippen LogP contribution in [-0.4, -0.2) is 28.4 Å². The van der Waals surface area contributed by atoms with Crippen molar-refractivity contribution in [3.05, 3.63) is 41.3 Å². The third-order valence-electron chi connectivity index (χ3n) is 3.07. The van der Waals surface area contributed by atoms with Crippen LogP contribution in [0.2, 0.25) is 0 Å². The molecule has 24 heavy (non-hydrogen) atoms. The molecule has 0 saturated carbocycles. The maximum absolute atomic E-state index is 11.5. The van der Waals surface area contributed by atoms with E-state index in [1.54, 1.807) is 0 Å². The molecule has 0 radical (unpaired) electrons. The van der Waals surface area contributed by atoms with E-state index < -0.39 is 11.7 Å². The second-order valence-corrected chi connectivity index (χ2v) is 7.28. The molecule has 1 aromatic carbocycles. The molecule has 130 valence electrons. The SMILES string of the molecule is Cc1ccccc1CSc1nnc(CCNC(=O)OC(C)(C)C)o1. The Labute approximate surface area is 146 Å². The van der Waals surface area contributed by atoms with Gasteiger partial charge in [-0.15, -0.1) is 10.2 Å². The van der Waals surface area contributed by atoms with Crippen molar-refractivity contribution < 1.29 is 13.9 Å². The molecule has 0 atom stereocenters. The summed E-state index contributed by atoms with van der Waals surface area (Å²) in [5.74, 6) is 1.28. The molecule has 1 N–H and O–H groups in total. The number of benzene rings is 1. The maximum Gasteiger partial charge on any atom is 0.407 e. The zero-order valence-corrected chi connectivity index (χ0v) is 15.3. The molecule has 6 nitrogen and oxygen atoms in total. The monoisotopic (exact) mass is 349 g/mol. The predicted molar refractivity (Wildman–Crippen MR) is 93.0 cm³/mol. The molecular weight excluding hydrogens is 326 g/mol. The Hall–Kier alpha value is -2.02. The zero-order valence-electron chi connectivity index (χ0n) is 14.5. The summed E-state index contributed by atoms with van der Waals surface area (Å²) in [6.07, 6.45) is 0.0214. The lowest BCUT2D eigenvalue weighted by Crippen LogP contribution is -2.33. The van der Waals surface area contributed by atoms with E-state index in [1.807, 2.05) is 32.9 Å². The minimum absolute atomic E-state index is 0.388. The summed E-state index contributed by atoms with van der Waals surface area (Å²) >= 11 is 1.50. The van der Waals surface area contributed by atoms with Crippen molar-refractivity contribution in [2.24, 2.45) is 0 Å². The van der Waals surface area contributed by atoms with Crippen LogP contribution in [0.15, 0.2) is 33.9 Å². The van der Waals surface area contributed by atoms with E-state index in [0.717, 1.165) is 5.75 Å². The van der Waals surface area contributed by atoms with Gasteiger partial charge in [-0.1, -0.05) is 36.0 Å². The van der Waals surface area contributed by atoms with Crippen LogP contribution in [0.1, 0.15) is 37.8 Å². The molecule has 0 spiro atoms. The van der Waals surface area contributed by atoms with Gasteiger partial charge in [-0.25, -0.2) is 4.79 Å². The summed E-state index contributed by atoms with van der Waals surface area (Å²) in [7, 11) is 0. The lowest BCUT2D eigenvalue weighted by molar-refractivity contribution is 0.0528. The van der Waals surface area contributed by atoms with E-state index in [9.17, 15) is 4.79 Å². The third-order valence-corrected chi connectivity index (χ3v) is 3.94. The van der Waals surface area contributed by atoms with Gasteiger partial charge in [-0.2, -0.15) is 0 Å². The minimum Gasteiger partial charge on any atom is -0.444 e. The van der Waals surface area contributed by atoms with Crippen LogP contribution in [-0.2, 0) is 16.9 Å². The average molecular weight is 349 g/mol. The normalized spacial score (nSPS) is 11.3. The van der Waals surface area contributed by atoms with Crippen molar-refractivity contribution in [2.45, 2.75) is 50.7 Å². The molecule has 1 aromatic heterocycles. The highest BCUT2D eigenvalue weighted by molar-refractivity contribution is 7.98. The Bertz CT molecular complexity index is 680. The topological polar surface area (TPSA) is 77.2 Å². The molecule has 0 saturated heterocycles. The highest BCUT2D eigenvalue weighted by Gasteiger charge is 2.16. The number of alkyl carbamates (subject to hydrolysis) is 1. The van der Waals surface area contributed by atoms with Crippen molar-refractivity contribution in [3.8, 4) is 0 Å². The Morgan fingerprint density at radius 2 is 2.04 bits per heavy atom. The third kappa shape index (κ3) is 6.23. The lowest BCUT2D eigenvalue weighted by Gasteiger charge is -2.19. The number of rotatable bonds is 6.